The fourth-order valence-corrected chi connectivity index (χ4v) is 2.62. The van der Waals surface area contributed by atoms with Crippen LogP contribution in [-0.2, 0) is 15.2 Å². The lowest BCUT2D eigenvalue weighted by molar-refractivity contribution is -0.138. The van der Waals surface area contributed by atoms with Crippen molar-refractivity contribution in [2.24, 2.45) is 0 Å². The minimum Gasteiger partial charge on any atom is -0.493 e. The molecule has 1 aromatic carbocycles. The fourth-order valence-electron chi connectivity index (χ4n) is 1.74. The lowest BCUT2D eigenvalue weighted by atomic mass is 10.2. The van der Waals surface area contributed by atoms with Gasteiger partial charge in [-0.25, -0.2) is 8.42 Å². The number of halogens is 4. The molecule has 3 nitrogen and oxygen atoms in total. The van der Waals surface area contributed by atoms with Gasteiger partial charge in [0.25, 0.3) is 0 Å². The van der Waals surface area contributed by atoms with Crippen molar-refractivity contribution < 1.29 is 26.3 Å². The van der Waals surface area contributed by atoms with Crippen LogP contribution in [0.15, 0.2) is 24.3 Å². The van der Waals surface area contributed by atoms with Gasteiger partial charge in [-0.1, -0.05) is 25.0 Å². The van der Waals surface area contributed by atoms with E-state index in [1.165, 1.54) is 18.2 Å². The number of unbranched alkanes of at least 4 members (excludes halogenated alkanes) is 3. The molecule has 0 N–H and O–H groups in total. The van der Waals surface area contributed by atoms with E-state index in [-0.39, 0.29) is 18.1 Å². The molecule has 8 heteroatoms. The number of ether oxygens (including phenoxy) is 1. The first-order valence-corrected chi connectivity index (χ1v) is 8.89. The second-order valence-corrected chi connectivity index (χ2v) is 7.40. The molecule has 0 spiro atoms. The quantitative estimate of drug-likeness (QED) is 0.524. The summed E-state index contributed by atoms with van der Waals surface area (Å²) in [7, 11) is 1.59. The summed E-state index contributed by atoms with van der Waals surface area (Å²) >= 11 is 0. The molecule has 0 bridgehead atoms. The van der Waals surface area contributed by atoms with Gasteiger partial charge in [0.1, 0.15) is 5.75 Å². The van der Waals surface area contributed by atoms with Crippen LogP contribution in [0.25, 0.3) is 0 Å². The molecule has 0 saturated carbocycles. The maximum absolute atomic E-state index is 12.7. The first-order valence-electron chi connectivity index (χ1n) is 6.41. The Bertz CT molecular complexity index is 544. The number of hydrogen-bond donors (Lipinski definition) is 0. The Hall–Kier alpha value is -0.950. The molecule has 0 saturated heterocycles. The minimum absolute atomic E-state index is 0.0910. The normalized spacial score (nSPS) is 12.4. The zero-order chi connectivity index (χ0) is 15.9. The third-order valence-electron chi connectivity index (χ3n) is 2.73. The van der Waals surface area contributed by atoms with Crippen molar-refractivity contribution in [2.45, 2.75) is 31.9 Å². The maximum atomic E-state index is 12.7. The highest BCUT2D eigenvalue weighted by Crippen LogP contribution is 2.35. The highest BCUT2D eigenvalue weighted by Gasteiger charge is 2.33. The molecule has 120 valence electrons. The van der Waals surface area contributed by atoms with Crippen LogP contribution >= 0.6 is 10.7 Å². The van der Waals surface area contributed by atoms with Crippen molar-refractivity contribution in [3.8, 4) is 5.75 Å². The monoisotopic (exact) mass is 344 g/mol. The largest absolute Gasteiger partial charge is 0.493 e. The highest BCUT2D eigenvalue weighted by atomic mass is 35.7. The molecule has 0 unspecified atom stereocenters. The van der Waals surface area contributed by atoms with E-state index < -0.39 is 20.8 Å². The van der Waals surface area contributed by atoms with Crippen LogP contribution in [0, 0.1) is 0 Å². The number of rotatable bonds is 8. The summed E-state index contributed by atoms with van der Waals surface area (Å²) in [6.07, 6.45) is -2.15. The second kappa shape index (κ2) is 7.89. The van der Waals surface area contributed by atoms with E-state index in [4.69, 9.17) is 15.4 Å². The molecule has 21 heavy (non-hydrogen) atoms. The summed E-state index contributed by atoms with van der Waals surface area (Å²) in [5.74, 6) is -0.278. The molecule has 0 atom stereocenters. The Morgan fingerprint density at radius 1 is 1.05 bits per heavy atom. The van der Waals surface area contributed by atoms with Crippen molar-refractivity contribution in [1.82, 2.24) is 0 Å². The van der Waals surface area contributed by atoms with Gasteiger partial charge in [-0.05, 0) is 25.0 Å². The molecule has 0 aliphatic heterocycles. The molecule has 1 aromatic rings. The molecule has 0 fully saturated rings. The van der Waals surface area contributed by atoms with E-state index in [0.717, 1.165) is 6.07 Å². The number of alkyl halides is 3. The average Bonchev–Trinajstić information content (AvgIpc) is 2.35. The zero-order valence-electron chi connectivity index (χ0n) is 11.2. The van der Waals surface area contributed by atoms with Gasteiger partial charge in [0.05, 0.1) is 17.9 Å². The Morgan fingerprint density at radius 3 is 2.29 bits per heavy atom. The van der Waals surface area contributed by atoms with Crippen molar-refractivity contribution in [3.05, 3.63) is 29.8 Å². The van der Waals surface area contributed by atoms with Gasteiger partial charge in [0.15, 0.2) is 0 Å². The molecule has 0 heterocycles. The van der Waals surface area contributed by atoms with Crippen molar-refractivity contribution >= 4 is 19.7 Å². The summed E-state index contributed by atoms with van der Waals surface area (Å²) in [6.45, 7) is 0.153. The minimum atomic E-state index is -4.44. The van der Waals surface area contributed by atoms with Gasteiger partial charge in [-0.15, -0.1) is 0 Å². The lowest BCUT2D eigenvalue weighted by Crippen LogP contribution is -2.09. The van der Waals surface area contributed by atoms with E-state index in [9.17, 15) is 21.6 Å². The molecule has 0 aliphatic carbocycles. The Kier molecular flexibility index (Phi) is 6.80. The molecule has 0 aromatic heterocycles. The number of hydrogen-bond acceptors (Lipinski definition) is 3. The van der Waals surface area contributed by atoms with Gasteiger partial charge in [0, 0.05) is 10.7 Å². The number of para-hydroxylation sites is 1. The molecule has 0 aliphatic rings. The smallest absolute Gasteiger partial charge is 0.419 e. The Balaban J connectivity index is 2.31. The first kappa shape index (κ1) is 18.1. The van der Waals surface area contributed by atoms with E-state index in [1.807, 2.05) is 0 Å². The topological polar surface area (TPSA) is 43.4 Å². The summed E-state index contributed by atoms with van der Waals surface area (Å²) in [5.41, 5.74) is -0.793. The van der Waals surface area contributed by atoms with Crippen LogP contribution in [0.5, 0.6) is 5.75 Å². The van der Waals surface area contributed by atoms with Crippen LogP contribution in [0.2, 0.25) is 0 Å². The van der Waals surface area contributed by atoms with Crippen molar-refractivity contribution in [2.75, 3.05) is 12.4 Å². The van der Waals surface area contributed by atoms with E-state index >= 15 is 0 Å². The SMILES string of the molecule is O=S(=O)(Cl)CCCCCCOc1ccccc1C(F)(F)F. The summed E-state index contributed by atoms with van der Waals surface area (Å²) in [5, 5.41) is 0. The Labute approximate surface area is 126 Å². The van der Waals surface area contributed by atoms with Crippen LogP contribution in [-0.4, -0.2) is 20.8 Å². The summed E-state index contributed by atoms with van der Waals surface area (Å²) < 4.78 is 64.5. The standard InChI is InChI=1S/C13H16ClF3O3S/c14-21(18,19)10-6-2-1-5-9-20-12-8-4-3-7-11(12)13(15,16)17/h3-4,7-8H,1-2,5-6,9-10H2. The van der Waals surface area contributed by atoms with Crippen molar-refractivity contribution in [1.29, 1.82) is 0 Å². The van der Waals surface area contributed by atoms with E-state index in [0.29, 0.717) is 25.7 Å². The molecule has 1 rings (SSSR count). The predicted octanol–water partition coefficient (Wildman–Crippen LogP) is 4.21. The summed E-state index contributed by atoms with van der Waals surface area (Å²) in [6, 6.07) is 5.04. The average molecular weight is 345 g/mol. The third-order valence-corrected chi connectivity index (χ3v) is 3.97. The molecular formula is C13H16ClF3O3S. The molecular weight excluding hydrogens is 329 g/mol. The highest BCUT2D eigenvalue weighted by molar-refractivity contribution is 8.13. The first-order chi connectivity index (χ1) is 9.70. The van der Waals surface area contributed by atoms with Crippen LogP contribution in [0.1, 0.15) is 31.2 Å². The van der Waals surface area contributed by atoms with Crippen molar-refractivity contribution in [3.63, 3.8) is 0 Å². The van der Waals surface area contributed by atoms with Gasteiger partial charge >= 0.3 is 6.18 Å². The van der Waals surface area contributed by atoms with Crippen LogP contribution in [0.3, 0.4) is 0 Å². The Morgan fingerprint density at radius 2 is 1.67 bits per heavy atom. The van der Waals surface area contributed by atoms with E-state index in [2.05, 4.69) is 0 Å². The predicted molar refractivity (Wildman–Crippen MR) is 75.0 cm³/mol. The fraction of sp³-hybridized carbons (Fsp3) is 0.538. The second-order valence-electron chi connectivity index (χ2n) is 4.50. The van der Waals surface area contributed by atoms with Gasteiger partial charge in [-0.2, -0.15) is 13.2 Å². The van der Waals surface area contributed by atoms with Crippen LogP contribution in [0.4, 0.5) is 13.2 Å². The molecule has 0 radical (unpaired) electrons. The van der Waals surface area contributed by atoms with Gasteiger partial charge in [-0.3, -0.25) is 0 Å². The van der Waals surface area contributed by atoms with Gasteiger partial charge < -0.3 is 4.74 Å². The zero-order valence-corrected chi connectivity index (χ0v) is 12.8. The van der Waals surface area contributed by atoms with Crippen LogP contribution < -0.4 is 4.74 Å². The van der Waals surface area contributed by atoms with E-state index in [1.54, 1.807) is 0 Å². The lowest BCUT2D eigenvalue weighted by Gasteiger charge is -2.13. The summed E-state index contributed by atoms with van der Waals surface area (Å²) in [4.78, 5) is 0. The maximum Gasteiger partial charge on any atom is 0.419 e. The molecule has 0 amide bonds. The third kappa shape index (κ3) is 7.57. The number of benzene rings is 1. The van der Waals surface area contributed by atoms with Gasteiger partial charge in [0.2, 0.25) is 9.05 Å².